The largest absolute Gasteiger partial charge is 0.376 e. The van der Waals surface area contributed by atoms with Gasteiger partial charge in [0, 0.05) is 12.0 Å². The normalized spacial score (nSPS) is 22.5. The van der Waals surface area contributed by atoms with E-state index in [-0.39, 0.29) is 6.04 Å². The fourth-order valence-corrected chi connectivity index (χ4v) is 2.20. The van der Waals surface area contributed by atoms with E-state index < -0.39 is 0 Å². The van der Waals surface area contributed by atoms with E-state index in [2.05, 4.69) is 38.1 Å². The Labute approximate surface area is 91.4 Å². The minimum atomic E-state index is 0.187. The Bertz CT molecular complexity index is 335. The van der Waals surface area contributed by atoms with Crippen LogP contribution in [0.5, 0.6) is 0 Å². The van der Waals surface area contributed by atoms with Gasteiger partial charge < -0.3 is 10.5 Å². The van der Waals surface area contributed by atoms with Crippen molar-refractivity contribution in [3.63, 3.8) is 0 Å². The highest BCUT2D eigenvalue weighted by Gasteiger charge is 2.27. The zero-order chi connectivity index (χ0) is 10.8. The van der Waals surface area contributed by atoms with E-state index >= 15 is 0 Å². The number of fused-ring (bicyclic) bond motifs is 1. The van der Waals surface area contributed by atoms with Gasteiger partial charge in [-0.2, -0.15) is 0 Å². The summed E-state index contributed by atoms with van der Waals surface area (Å²) in [7, 11) is 0. The molecule has 0 bridgehead atoms. The van der Waals surface area contributed by atoms with Crippen molar-refractivity contribution in [1.29, 1.82) is 0 Å². The molecule has 2 unspecified atom stereocenters. The lowest BCUT2D eigenvalue weighted by Gasteiger charge is -2.32. The Kier molecular flexibility index (Phi) is 3.08. The maximum absolute atomic E-state index is 6.23. The minimum Gasteiger partial charge on any atom is -0.376 e. The lowest BCUT2D eigenvalue weighted by Crippen LogP contribution is -2.38. The zero-order valence-corrected chi connectivity index (χ0v) is 9.44. The van der Waals surface area contributed by atoms with Crippen LogP contribution in [0.2, 0.25) is 0 Å². The van der Waals surface area contributed by atoms with Crippen LogP contribution in [0.15, 0.2) is 24.3 Å². The van der Waals surface area contributed by atoms with E-state index in [0.29, 0.717) is 11.8 Å². The van der Waals surface area contributed by atoms with Crippen LogP contribution < -0.4 is 5.73 Å². The van der Waals surface area contributed by atoms with E-state index in [1.54, 1.807) is 0 Å². The monoisotopic (exact) mass is 205 g/mol. The number of nitrogens with two attached hydrogens (primary N) is 1. The molecule has 1 aromatic carbocycles. The molecule has 1 heterocycles. The summed E-state index contributed by atoms with van der Waals surface area (Å²) < 4.78 is 5.60. The molecule has 0 aromatic heterocycles. The SMILES string of the molecule is CC(C)C(N)C1COCc2ccccc21. The molecule has 1 aliphatic heterocycles. The highest BCUT2D eigenvalue weighted by atomic mass is 16.5. The van der Waals surface area contributed by atoms with Crippen molar-refractivity contribution in [3.05, 3.63) is 35.4 Å². The van der Waals surface area contributed by atoms with Crippen molar-refractivity contribution >= 4 is 0 Å². The third kappa shape index (κ3) is 2.06. The number of hydrogen-bond donors (Lipinski definition) is 1. The fourth-order valence-electron chi connectivity index (χ4n) is 2.20. The summed E-state index contributed by atoms with van der Waals surface area (Å²) >= 11 is 0. The molecule has 1 aromatic rings. The molecular weight excluding hydrogens is 186 g/mol. The van der Waals surface area contributed by atoms with Gasteiger partial charge in [0.2, 0.25) is 0 Å². The van der Waals surface area contributed by atoms with Crippen molar-refractivity contribution in [2.45, 2.75) is 32.4 Å². The predicted octanol–water partition coefficient (Wildman–Crippen LogP) is 2.28. The molecule has 2 N–H and O–H groups in total. The Morgan fingerprint density at radius 1 is 1.33 bits per heavy atom. The Morgan fingerprint density at radius 2 is 2.07 bits per heavy atom. The topological polar surface area (TPSA) is 35.2 Å². The van der Waals surface area contributed by atoms with Gasteiger partial charge in [-0.25, -0.2) is 0 Å². The van der Waals surface area contributed by atoms with Gasteiger partial charge in [0.25, 0.3) is 0 Å². The Morgan fingerprint density at radius 3 is 2.80 bits per heavy atom. The third-order valence-corrected chi connectivity index (χ3v) is 3.24. The molecule has 1 aliphatic rings. The van der Waals surface area contributed by atoms with E-state index in [1.165, 1.54) is 11.1 Å². The number of ether oxygens (including phenoxy) is 1. The van der Waals surface area contributed by atoms with E-state index in [1.807, 2.05) is 0 Å². The third-order valence-electron chi connectivity index (χ3n) is 3.24. The molecule has 0 amide bonds. The first-order valence-electron chi connectivity index (χ1n) is 5.61. The van der Waals surface area contributed by atoms with Crippen LogP contribution in [0.3, 0.4) is 0 Å². The molecular formula is C13H19NO. The molecule has 0 saturated carbocycles. The van der Waals surface area contributed by atoms with Gasteiger partial charge in [0.15, 0.2) is 0 Å². The van der Waals surface area contributed by atoms with Crippen LogP contribution in [0.25, 0.3) is 0 Å². The quantitative estimate of drug-likeness (QED) is 0.804. The average molecular weight is 205 g/mol. The molecule has 2 heteroatoms. The maximum atomic E-state index is 6.23. The molecule has 15 heavy (non-hydrogen) atoms. The van der Waals surface area contributed by atoms with Crippen LogP contribution >= 0.6 is 0 Å². The minimum absolute atomic E-state index is 0.187. The first-order valence-corrected chi connectivity index (χ1v) is 5.61. The van der Waals surface area contributed by atoms with Crippen molar-refractivity contribution in [2.75, 3.05) is 6.61 Å². The van der Waals surface area contributed by atoms with Crippen LogP contribution in [-0.2, 0) is 11.3 Å². The van der Waals surface area contributed by atoms with E-state index in [4.69, 9.17) is 10.5 Å². The van der Waals surface area contributed by atoms with Gasteiger partial charge in [0.1, 0.15) is 0 Å². The summed E-state index contributed by atoms with van der Waals surface area (Å²) in [6.07, 6.45) is 0. The van der Waals surface area contributed by atoms with Crippen LogP contribution in [-0.4, -0.2) is 12.6 Å². The first kappa shape index (κ1) is 10.7. The molecule has 0 saturated heterocycles. The lowest BCUT2D eigenvalue weighted by molar-refractivity contribution is 0.0796. The summed E-state index contributed by atoms with van der Waals surface area (Å²) in [6, 6.07) is 8.65. The molecule has 2 nitrogen and oxygen atoms in total. The maximum Gasteiger partial charge on any atom is 0.0719 e. The van der Waals surface area contributed by atoms with E-state index in [9.17, 15) is 0 Å². The Balaban J connectivity index is 2.29. The summed E-state index contributed by atoms with van der Waals surface area (Å²) in [5.74, 6) is 0.847. The second-order valence-corrected chi connectivity index (χ2v) is 4.64. The van der Waals surface area contributed by atoms with Gasteiger partial charge >= 0.3 is 0 Å². The van der Waals surface area contributed by atoms with Gasteiger partial charge in [0.05, 0.1) is 13.2 Å². The average Bonchev–Trinajstić information content (AvgIpc) is 2.27. The highest BCUT2D eigenvalue weighted by Crippen LogP contribution is 2.30. The van der Waals surface area contributed by atoms with Crippen molar-refractivity contribution in [3.8, 4) is 0 Å². The molecule has 82 valence electrons. The standard InChI is InChI=1S/C13H19NO/c1-9(2)13(14)12-8-15-7-10-5-3-4-6-11(10)12/h3-6,9,12-13H,7-8,14H2,1-2H3. The molecule has 0 fully saturated rings. The van der Waals surface area contributed by atoms with Crippen LogP contribution in [0, 0.1) is 5.92 Å². The Hall–Kier alpha value is -0.860. The highest BCUT2D eigenvalue weighted by molar-refractivity contribution is 5.32. The summed E-state index contributed by atoms with van der Waals surface area (Å²) in [4.78, 5) is 0. The first-order chi connectivity index (χ1) is 7.20. The van der Waals surface area contributed by atoms with Crippen LogP contribution in [0.4, 0.5) is 0 Å². The number of benzene rings is 1. The molecule has 2 atom stereocenters. The number of rotatable bonds is 2. The van der Waals surface area contributed by atoms with Gasteiger partial charge in [-0.05, 0) is 17.0 Å². The van der Waals surface area contributed by atoms with Crippen molar-refractivity contribution < 1.29 is 4.74 Å². The van der Waals surface area contributed by atoms with Gasteiger partial charge in [-0.1, -0.05) is 38.1 Å². The van der Waals surface area contributed by atoms with Crippen molar-refractivity contribution in [1.82, 2.24) is 0 Å². The number of hydrogen-bond acceptors (Lipinski definition) is 2. The van der Waals surface area contributed by atoms with Gasteiger partial charge in [-0.3, -0.25) is 0 Å². The van der Waals surface area contributed by atoms with Crippen LogP contribution in [0.1, 0.15) is 30.9 Å². The van der Waals surface area contributed by atoms with Crippen molar-refractivity contribution in [2.24, 2.45) is 11.7 Å². The van der Waals surface area contributed by atoms with Gasteiger partial charge in [-0.15, -0.1) is 0 Å². The lowest BCUT2D eigenvalue weighted by atomic mass is 9.83. The molecule has 2 rings (SSSR count). The summed E-state index contributed by atoms with van der Waals surface area (Å²) in [6.45, 7) is 5.83. The second kappa shape index (κ2) is 4.33. The second-order valence-electron chi connectivity index (χ2n) is 4.64. The smallest absolute Gasteiger partial charge is 0.0719 e. The zero-order valence-electron chi connectivity index (χ0n) is 9.44. The summed E-state index contributed by atoms with van der Waals surface area (Å²) in [5, 5.41) is 0. The molecule has 0 radical (unpaired) electrons. The predicted molar refractivity (Wildman–Crippen MR) is 61.7 cm³/mol. The fraction of sp³-hybridized carbons (Fsp3) is 0.538. The molecule has 0 spiro atoms. The van der Waals surface area contributed by atoms with E-state index in [0.717, 1.165) is 13.2 Å². The summed E-state index contributed by atoms with van der Waals surface area (Å²) in [5.41, 5.74) is 8.90. The molecule has 0 aliphatic carbocycles.